The molecule has 0 unspecified atom stereocenters. The van der Waals surface area contributed by atoms with E-state index in [1.54, 1.807) is 12.7 Å². The summed E-state index contributed by atoms with van der Waals surface area (Å²) in [7, 11) is 1.82. The molecule has 112 valence electrons. The Kier molecular flexibility index (Phi) is 4.27. The van der Waals surface area contributed by atoms with Crippen molar-refractivity contribution in [2.24, 2.45) is 5.92 Å². The summed E-state index contributed by atoms with van der Waals surface area (Å²) in [5.41, 5.74) is 1.17. The molecule has 0 bridgehead atoms. The maximum absolute atomic E-state index is 5.97. The minimum absolute atomic E-state index is 0.145. The number of halogens is 1. The predicted molar refractivity (Wildman–Crippen MR) is 82.3 cm³/mol. The molecule has 3 rings (SSSR count). The van der Waals surface area contributed by atoms with E-state index in [0.29, 0.717) is 5.92 Å². The van der Waals surface area contributed by atoms with Crippen molar-refractivity contribution in [1.82, 2.24) is 14.8 Å². The average molecular weight is 306 g/mol. The molecule has 1 fully saturated rings. The molecule has 1 aromatic carbocycles. The lowest BCUT2D eigenvalue weighted by Crippen LogP contribution is -2.41. The van der Waals surface area contributed by atoms with E-state index in [2.05, 4.69) is 22.2 Å². The van der Waals surface area contributed by atoms with Gasteiger partial charge in [-0.15, -0.1) is 0 Å². The standard InChI is InChI=1S/C16H20ClN3O/c1-21-16(10-20-12-18-11-19-20)8-2-3-14(16)9-13-4-6-15(17)7-5-13/h4-7,11-12,14H,2-3,8-10H2,1H3/t14-,16+/m1/s1. The molecular formula is C16H20ClN3O. The number of benzene rings is 1. The zero-order valence-corrected chi connectivity index (χ0v) is 13.0. The van der Waals surface area contributed by atoms with Gasteiger partial charge >= 0.3 is 0 Å². The van der Waals surface area contributed by atoms with Crippen molar-refractivity contribution >= 4 is 11.6 Å². The van der Waals surface area contributed by atoms with Crippen LogP contribution in [0, 0.1) is 5.92 Å². The second-order valence-corrected chi connectivity index (χ2v) is 6.22. The van der Waals surface area contributed by atoms with Gasteiger partial charge in [-0.05, 0) is 42.9 Å². The normalized spacial score (nSPS) is 25.3. The molecule has 0 saturated heterocycles. The zero-order valence-electron chi connectivity index (χ0n) is 12.2. The van der Waals surface area contributed by atoms with Crippen molar-refractivity contribution in [3.8, 4) is 0 Å². The van der Waals surface area contributed by atoms with E-state index in [1.807, 2.05) is 23.9 Å². The number of rotatable bonds is 5. The Balaban J connectivity index is 1.77. The number of ether oxygens (including phenoxy) is 1. The van der Waals surface area contributed by atoms with Crippen molar-refractivity contribution in [1.29, 1.82) is 0 Å². The molecule has 0 N–H and O–H groups in total. The molecule has 1 aromatic heterocycles. The van der Waals surface area contributed by atoms with Crippen LogP contribution in [-0.4, -0.2) is 27.5 Å². The molecule has 1 heterocycles. The van der Waals surface area contributed by atoms with Crippen LogP contribution in [0.1, 0.15) is 24.8 Å². The average Bonchev–Trinajstić information content (AvgIpc) is 3.13. The second-order valence-electron chi connectivity index (χ2n) is 5.78. The van der Waals surface area contributed by atoms with Gasteiger partial charge in [0.25, 0.3) is 0 Å². The molecule has 2 atom stereocenters. The van der Waals surface area contributed by atoms with Crippen LogP contribution in [0.2, 0.25) is 5.02 Å². The lowest BCUT2D eigenvalue weighted by molar-refractivity contribution is -0.0566. The van der Waals surface area contributed by atoms with Crippen LogP contribution >= 0.6 is 11.6 Å². The summed E-state index contributed by atoms with van der Waals surface area (Å²) < 4.78 is 7.84. The summed E-state index contributed by atoms with van der Waals surface area (Å²) in [5, 5.41) is 5.02. The van der Waals surface area contributed by atoms with Crippen LogP contribution in [0.4, 0.5) is 0 Å². The lowest BCUT2D eigenvalue weighted by atomic mass is 9.85. The smallest absolute Gasteiger partial charge is 0.137 e. The molecule has 0 aliphatic heterocycles. The van der Waals surface area contributed by atoms with Gasteiger partial charge in [0.15, 0.2) is 0 Å². The van der Waals surface area contributed by atoms with Gasteiger partial charge in [0.2, 0.25) is 0 Å². The van der Waals surface area contributed by atoms with Crippen LogP contribution in [0.3, 0.4) is 0 Å². The Bertz CT molecular complexity index is 570. The van der Waals surface area contributed by atoms with Gasteiger partial charge in [-0.3, -0.25) is 4.68 Å². The zero-order chi connectivity index (χ0) is 14.7. The van der Waals surface area contributed by atoms with E-state index in [4.69, 9.17) is 16.3 Å². The Morgan fingerprint density at radius 2 is 2.19 bits per heavy atom. The van der Waals surface area contributed by atoms with E-state index in [1.165, 1.54) is 18.4 Å². The van der Waals surface area contributed by atoms with Crippen LogP contribution in [0.5, 0.6) is 0 Å². The minimum Gasteiger partial charge on any atom is -0.376 e. The molecule has 5 heteroatoms. The first-order valence-corrected chi connectivity index (χ1v) is 7.72. The number of hydrogen-bond donors (Lipinski definition) is 0. The van der Waals surface area contributed by atoms with Gasteiger partial charge in [-0.2, -0.15) is 5.10 Å². The van der Waals surface area contributed by atoms with Crippen molar-refractivity contribution in [2.45, 2.75) is 37.8 Å². The van der Waals surface area contributed by atoms with Gasteiger partial charge in [0.05, 0.1) is 12.1 Å². The van der Waals surface area contributed by atoms with Gasteiger partial charge < -0.3 is 4.74 Å². The number of hydrogen-bond acceptors (Lipinski definition) is 3. The summed E-state index contributed by atoms with van der Waals surface area (Å²) in [6.07, 6.45) is 7.80. The molecule has 4 nitrogen and oxygen atoms in total. The van der Waals surface area contributed by atoms with E-state index >= 15 is 0 Å². The van der Waals surface area contributed by atoms with E-state index in [9.17, 15) is 0 Å². The highest BCUT2D eigenvalue weighted by atomic mass is 35.5. The van der Waals surface area contributed by atoms with Crippen molar-refractivity contribution in [3.63, 3.8) is 0 Å². The Morgan fingerprint density at radius 3 is 2.86 bits per heavy atom. The van der Waals surface area contributed by atoms with Crippen molar-refractivity contribution < 1.29 is 4.74 Å². The first kappa shape index (κ1) is 14.5. The molecular weight excluding hydrogens is 286 g/mol. The summed E-state index contributed by atoms with van der Waals surface area (Å²) >= 11 is 5.96. The van der Waals surface area contributed by atoms with Gasteiger partial charge in [0, 0.05) is 12.1 Å². The van der Waals surface area contributed by atoms with Gasteiger partial charge in [0.1, 0.15) is 12.7 Å². The predicted octanol–water partition coefficient (Wildman–Crippen LogP) is 3.36. The van der Waals surface area contributed by atoms with Crippen molar-refractivity contribution in [2.75, 3.05) is 7.11 Å². The maximum Gasteiger partial charge on any atom is 0.137 e. The second kappa shape index (κ2) is 6.16. The molecule has 1 aliphatic carbocycles. The first-order valence-electron chi connectivity index (χ1n) is 7.34. The molecule has 21 heavy (non-hydrogen) atoms. The molecule has 0 radical (unpaired) electrons. The maximum atomic E-state index is 5.97. The monoisotopic (exact) mass is 305 g/mol. The summed E-state index contributed by atoms with van der Waals surface area (Å²) in [6.45, 7) is 0.766. The fourth-order valence-corrected chi connectivity index (χ4v) is 3.56. The van der Waals surface area contributed by atoms with E-state index in [-0.39, 0.29) is 5.60 Å². The minimum atomic E-state index is -0.145. The highest BCUT2D eigenvalue weighted by molar-refractivity contribution is 6.30. The highest BCUT2D eigenvalue weighted by Gasteiger charge is 2.43. The number of aromatic nitrogens is 3. The summed E-state index contributed by atoms with van der Waals surface area (Å²) in [4.78, 5) is 4.03. The topological polar surface area (TPSA) is 39.9 Å². The van der Waals surface area contributed by atoms with Crippen LogP contribution in [-0.2, 0) is 17.7 Å². The van der Waals surface area contributed by atoms with Crippen LogP contribution in [0.25, 0.3) is 0 Å². The van der Waals surface area contributed by atoms with E-state index in [0.717, 1.165) is 24.4 Å². The highest BCUT2D eigenvalue weighted by Crippen LogP contribution is 2.41. The van der Waals surface area contributed by atoms with Crippen molar-refractivity contribution in [3.05, 3.63) is 47.5 Å². The SMILES string of the molecule is CO[C@]1(Cn2cncn2)CCC[C@@H]1Cc1ccc(Cl)cc1. The summed E-state index contributed by atoms with van der Waals surface area (Å²) in [5.74, 6) is 0.493. The molecule has 1 saturated carbocycles. The summed E-state index contributed by atoms with van der Waals surface area (Å²) in [6, 6.07) is 8.13. The fourth-order valence-electron chi connectivity index (χ4n) is 3.44. The Morgan fingerprint density at radius 1 is 1.38 bits per heavy atom. The lowest BCUT2D eigenvalue weighted by Gasteiger charge is -2.34. The third-order valence-corrected chi connectivity index (χ3v) is 4.85. The molecule has 0 amide bonds. The third-order valence-electron chi connectivity index (χ3n) is 4.59. The van der Waals surface area contributed by atoms with Gasteiger partial charge in [-0.1, -0.05) is 30.2 Å². The molecule has 0 spiro atoms. The molecule has 1 aliphatic rings. The quantitative estimate of drug-likeness (QED) is 0.850. The van der Waals surface area contributed by atoms with E-state index < -0.39 is 0 Å². The fraction of sp³-hybridized carbons (Fsp3) is 0.500. The largest absolute Gasteiger partial charge is 0.376 e. The van der Waals surface area contributed by atoms with Crippen LogP contribution in [0.15, 0.2) is 36.9 Å². The Hall–Kier alpha value is -1.39. The first-order chi connectivity index (χ1) is 10.2. The Labute approximate surface area is 130 Å². The van der Waals surface area contributed by atoms with Gasteiger partial charge in [-0.25, -0.2) is 4.98 Å². The number of nitrogens with zero attached hydrogens (tertiary/aromatic N) is 3. The van der Waals surface area contributed by atoms with Crippen LogP contribution < -0.4 is 0 Å². The molecule has 2 aromatic rings. The number of methoxy groups -OCH3 is 1. The third kappa shape index (κ3) is 3.11.